The first-order valence-electron chi connectivity index (χ1n) is 6.09. The molecular weight excluding hydrogens is 224 g/mol. The quantitative estimate of drug-likeness (QED) is 0.593. The van der Waals surface area contributed by atoms with E-state index in [2.05, 4.69) is 35.1 Å². The molecular formula is C16H14O2. The highest BCUT2D eigenvalue weighted by molar-refractivity contribution is 5.98. The fraction of sp³-hybridized carbons (Fsp3) is 0.188. The molecule has 0 spiro atoms. The van der Waals surface area contributed by atoms with E-state index in [4.69, 9.17) is 0 Å². The average Bonchev–Trinajstić information content (AvgIpc) is 2.83. The second kappa shape index (κ2) is 4.30. The molecule has 2 nitrogen and oxygen atoms in total. The number of hydrogen-bond donors (Lipinski definition) is 0. The normalized spacial score (nSPS) is 13.4. The van der Waals surface area contributed by atoms with Crippen LogP contribution in [0.15, 0.2) is 36.4 Å². The average molecular weight is 238 g/mol. The van der Waals surface area contributed by atoms with Crippen molar-refractivity contribution in [3.63, 3.8) is 0 Å². The monoisotopic (exact) mass is 238 g/mol. The lowest BCUT2D eigenvalue weighted by molar-refractivity contribution is -0.134. The largest absolute Gasteiger partial charge is 0.466 e. The lowest BCUT2D eigenvalue weighted by Crippen LogP contribution is -1.93. The molecule has 0 heterocycles. The highest BCUT2D eigenvalue weighted by Gasteiger charge is 2.14. The number of benzene rings is 2. The number of ether oxygens (including phenoxy) is 1. The molecule has 0 amide bonds. The molecule has 90 valence electrons. The van der Waals surface area contributed by atoms with Gasteiger partial charge in [-0.3, -0.25) is 0 Å². The van der Waals surface area contributed by atoms with Crippen LogP contribution < -0.4 is 0 Å². The van der Waals surface area contributed by atoms with Gasteiger partial charge in [0.05, 0.1) is 7.11 Å². The van der Waals surface area contributed by atoms with Crippen molar-refractivity contribution >= 4 is 22.8 Å². The van der Waals surface area contributed by atoms with Crippen molar-refractivity contribution in [2.45, 2.75) is 12.8 Å². The van der Waals surface area contributed by atoms with Crippen molar-refractivity contribution in [3.8, 4) is 0 Å². The molecule has 18 heavy (non-hydrogen) atoms. The third-order valence-corrected chi connectivity index (χ3v) is 3.51. The van der Waals surface area contributed by atoms with Gasteiger partial charge in [-0.1, -0.05) is 30.3 Å². The molecule has 3 rings (SSSR count). The molecule has 0 fully saturated rings. The minimum atomic E-state index is -0.321. The first-order valence-corrected chi connectivity index (χ1v) is 6.09. The maximum absolute atomic E-state index is 11.2. The summed E-state index contributed by atoms with van der Waals surface area (Å²) in [7, 11) is 1.39. The molecule has 1 aliphatic rings. The predicted octanol–water partition coefficient (Wildman–Crippen LogP) is 3.12. The first kappa shape index (κ1) is 11.0. The van der Waals surface area contributed by atoms with E-state index in [0.717, 1.165) is 18.4 Å². The molecule has 2 heteroatoms. The summed E-state index contributed by atoms with van der Waals surface area (Å²) in [6.45, 7) is 0. The molecule has 0 saturated carbocycles. The number of rotatable bonds is 2. The van der Waals surface area contributed by atoms with Gasteiger partial charge >= 0.3 is 5.97 Å². The predicted molar refractivity (Wildman–Crippen MR) is 72.4 cm³/mol. The number of esters is 1. The number of carbonyl (C=O) groups is 1. The van der Waals surface area contributed by atoms with E-state index < -0.39 is 0 Å². The highest BCUT2D eigenvalue weighted by atomic mass is 16.5. The van der Waals surface area contributed by atoms with Gasteiger partial charge in [-0.15, -0.1) is 0 Å². The van der Waals surface area contributed by atoms with Crippen molar-refractivity contribution in [3.05, 3.63) is 53.1 Å². The van der Waals surface area contributed by atoms with Gasteiger partial charge in [-0.2, -0.15) is 0 Å². The SMILES string of the molecule is COC(=O)C=Cc1ccc2c3c(cccc13)CC2. The van der Waals surface area contributed by atoms with Gasteiger partial charge in [-0.25, -0.2) is 4.79 Å². The van der Waals surface area contributed by atoms with E-state index in [9.17, 15) is 4.79 Å². The zero-order valence-electron chi connectivity index (χ0n) is 10.3. The Morgan fingerprint density at radius 1 is 1.17 bits per heavy atom. The lowest BCUT2D eigenvalue weighted by atomic mass is 10.00. The van der Waals surface area contributed by atoms with E-state index >= 15 is 0 Å². The van der Waals surface area contributed by atoms with Gasteiger partial charge in [0.1, 0.15) is 0 Å². The molecule has 0 saturated heterocycles. The number of aryl methyl sites for hydroxylation is 2. The standard InChI is InChI=1S/C16H14O2/c1-18-15(17)10-9-11-5-6-13-8-7-12-3-2-4-14(11)16(12)13/h2-6,9-10H,7-8H2,1H3. The van der Waals surface area contributed by atoms with Crippen LogP contribution in [0.4, 0.5) is 0 Å². The smallest absolute Gasteiger partial charge is 0.330 e. The second-order valence-electron chi connectivity index (χ2n) is 4.51. The maximum atomic E-state index is 11.2. The van der Waals surface area contributed by atoms with Gasteiger partial charge in [-0.05, 0) is 46.4 Å². The molecule has 0 radical (unpaired) electrons. The van der Waals surface area contributed by atoms with Gasteiger partial charge in [0.2, 0.25) is 0 Å². The van der Waals surface area contributed by atoms with Crippen LogP contribution >= 0.6 is 0 Å². The zero-order chi connectivity index (χ0) is 12.5. The van der Waals surface area contributed by atoms with Crippen molar-refractivity contribution < 1.29 is 9.53 Å². The molecule has 0 atom stereocenters. The van der Waals surface area contributed by atoms with Crippen molar-refractivity contribution in [1.29, 1.82) is 0 Å². The second-order valence-corrected chi connectivity index (χ2v) is 4.51. The van der Waals surface area contributed by atoms with Crippen molar-refractivity contribution in [1.82, 2.24) is 0 Å². The summed E-state index contributed by atoms with van der Waals surface area (Å²) in [5.41, 5.74) is 3.90. The summed E-state index contributed by atoms with van der Waals surface area (Å²) in [5, 5.41) is 2.59. The van der Waals surface area contributed by atoms with Gasteiger partial charge < -0.3 is 4.74 Å². The molecule has 0 unspecified atom stereocenters. The summed E-state index contributed by atoms with van der Waals surface area (Å²) >= 11 is 0. The molecule has 0 bridgehead atoms. The topological polar surface area (TPSA) is 26.3 Å². The summed E-state index contributed by atoms with van der Waals surface area (Å²) in [6.07, 6.45) is 5.54. The zero-order valence-corrected chi connectivity index (χ0v) is 10.3. The Bertz CT molecular complexity index is 643. The Morgan fingerprint density at radius 3 is 2.72 bits per heavy atom. The van der Waals surface area contributed by atoms with Crippen LogP contribution in [0.5, 0.6) is 0 Å². The Balaban J connectivity index is 2.15. The van der Waals surface area contributed by atoms with Crippen LogP contribution in [-0.4, -0.2) is 13.1 Å². The Hall–Kier alpha value is -2.09. The fourth-order valence-corrected chi connectivity index (χ4v) is 2.64. The molecule has 2 aromatic carbocycles. The summed E-state index contributed by atoms with van der Waals surface area (Å²) in [5.74, 6) is -0.321. The third-order valence-electron chi connectivity index (χ3n) is 3.51. The Kier molecular flexibility index (Phi) is 2.63. The van der Waals surface area contributed by atoms with Crippen molar-refractivity contribution in [2.24, 2.45) is 0 Å². The van der Waals surface area contributed by atoms with Gasteiger partial charge in [0.15, 0.2) is 0 Å². The van der Waals surface area contributed by atoms with Crippen LogP contribution in [0.25, 0.3) is 16.8 Å². The van der Waals surface area contributed by atoms with Crippen LogP contribution in [0.3, 0.4) is 0 Å². The number of methoxy groups -OCH3 is 1. The van der Waals surface area contributed by atoms with Gasteiger partial charge in [0, 0.05) is 6.08 Å². The molecule has 0 aliphatic heterocycles. The third kappa shape index (κ3) is 1.70. The summed E-state index contributed by atoms with van der Waals surface area (Å²) < 4.78 is 4.62. The molecule has 0 N–H and O–H groups in total. The number of hydrogen-bond acceptors (Lipinski definition) is 2. The summed E-state index contributed by atoms with van der Waals surface area (Å²) in [4.78, 5) is 11.2. The molecule has 0 aromatic heterocycles. The number of carbonyl (C=O) groups excluding carboxylic acids is 1. The summed E-state index contributed by atoms with van der Waals surface area (Å²) in [6, 6.07) is 10.6. The Morgan fingerprint density at radius 2 is 1.94 bits per heavy atom. The molecule has 2 aromatic rings. The Labute approximate surface area is 106 Å². The van der Waals surface area contributed by atoms with Crippen molar-refractivity contribution in [2.75, 3.05) is 7.11 Å². The van der Waals surface area contributed by atoms with E-state index in [1.54, 1.807) is 0 Å². The van der Waals surface area contributed by atoms with Crippen LogP contribution in [0.1, 0.15) is 16.7 Å². The highest BCUT2D eigenvalue weighted by Crippen LogP contribution is 2.33. The maximum Gasteiger partial charge on any atom is 0.330 e. The lowest BCUT2D eigenvalue weighted by Gasteiger charge is -2.05. The van der Waals surface area contributed by atoms with E-state index in [-0.39, 0.29) is 5.97 Å². The minimum Gasteiger partial charge on any atom is -0.466 e. The fourth-order valence-electron chi connectivity index (χ4n) is 2.64. The van der Waals surface area contributed by atoms with E-state index in [0.29, 0.717) is 0 Å². The first-order chi connectivity index (χ1) is 8.79. The van der Waals surface area contributed by atoms with E-state index in [1.807, 2.05) is 6.08 Å². The van der Waals surface area contributed by atoms with Crippen LogP contribution in [-0.2, 0) is 22.4 Å². The minimum absolute atomic E-state index is 0.321. The van der Waals surface area contributed by atoms with E-state index in [1.165, 1.54) is 35.1 Å². The van der Waals surface area contributed by atoms with Crippen LogP contribution in [0, 0.1) is 0 Å². The molecule has 1 aliphatic carbocycles. The van der Waals surface area contributed by atoms with Gasteiger partial charge in [0.25, 0.3) is 0 Å². The van der Waals surface area contributed by atoms with Crippen LogP contribution in [0.2, 0.25) is 0 Å².